The maximum atomic E-state index is 11.7. The minimum absolute atomic E-state index is 0.0257. The van der Waals surface area contributed by atoms with Gasteiger partial charge in [-0.2, -0.15) is 0 Å². The fraction of sp³-hybridized carbons (Fsp3) is 0.600. The quantitative estimate of drug-likeness (QED) is 0.377. The molecule has 2 rings (SSSR count). The summed E-state index contributed by atoms with van der Waals surface area (Å²) < 4.78 is 17.1. The van der Waals surface area contributed by atoms with E-state index in [4.69, 9.17) is 14.5 Å². The van der Waals surface area contributed by atoms with Crippen LogP contribution in [0.15, 0.2) is 21.9 Å². The van der Waals surface area contributed by atoms with Crippen LogP contribution in [0, 0.1) is 0 Å². The summed E-state index contributed by atoms with van der Waals surface area (Å²) in [4.78, 5) is 42.2. The average Bonchev–Trinajstić information content (AvgIpc) is 2.66. The van der Waals surface area contributed by atoms with Crippen molar-refractivity contribution in [3.8, 4) is 0 Å². The number of aromatic nitrogens is 2. The van der Waals surface area contributed by atoms with Gasteiger partial charge in [0.25, 0.3) is 5.56 Å². The topological polar surface area (TPSA) is 162 Å². The Labute approximate surface area is 127 Å². The number of aliphatic hydroxyl groups excluding tert-OH is 2. The van der Waals surface area contributed by atoms with Crippen LogP contribution in [0.1, 0.15) is 6.23 Å². The Morgan fingerprint density at radius 2 is 2.00 bits per heavy atom. The molecular weight excluding hydrogens is 339 g/mol. The summed E-state index contributed by atoms with van der Waals surface area (Å²) in [6.07, 6.45) is -3.71. The minimum Gasteiger partial charge on any atom is -0.387 e. The highest BCUT2D eigenvalue weighted by Gasteiger charge is 2.44. The molecule has 0 saturated carbocycles. The molecule has 10 nitrogen and oxygen atoms in total. The molecule has 0 amide bonds. The first-order valence-electron chi connectivity index (χ1n) is 6.14. The van der Waals surface area contributed by atoms with Gasteiger partial charge in [-0.15, -0.1) is 11.8 Å². The minimum atomic E-state index is -4.18. The molecule has 12 heteroatoms. The molecule has 4 atom stereocenters. The second kappa shape index (κ2) is 6.67. The third-order valence-electron chi connectivity index (χ3n) is 3.00. The molecule has 22 heavy (non-hydrogen) atoms. The van der Waals surface area contributed by atoms with Gasteiger partial charge in [0.1, 0.15) is 12.2 Å². The normalized spacial score (nSPS) is 28.9. The van der Waals surface area contributed by atoms with Crippen molar-refractivity contribution in [1.82, 2.24) is 9.55 Å². The Morgan fingerprint density at radius 3 is 2.59 bits per heavy atom. The molecule has 124 valence electrons. The monoisotopic (exact) mass is 354 g/mol. The molecule has 1 aliphatic rings. The fourth-order valence-electron chi connectivity index (χ4n) is 2.01. The SMILES string of the molecule is O=c1ccn([C@@H]2O[C@H](CSCP(=O)(O)O)[C@@H](O)[C@H]2O)c(=O)[nH]1. The third kappa shape index (κ3) is 4.07. The van der Waals surface area contributed by atoms with Crippen LogP contribution in [0.3, 0.4) is 0 Å². The van der Waals surface area contributed by atoms with Crippen LogP contribution in [0.5, 0.6) is 0 Å². The highest BCUT2D eigenvalue weighted by atomic mass is 32.2. The van der Waals surface area contributed by atoms with Gasteiger partial charge in [-0.25, -0.2) is 4.79 Å². The van der Waals surface area contributed by atoms with E-state index >= 15 is 0 Å². The van der Waals surface area contributed by atoms with Gasteiger partial charge in [0.05, 0.1) is 11.6 Å². The van der Waals surface area contributed by atoms with Crippen molar-refractivity contribution in [2.45, 2.75) is 24.5 Å². The van der Waals surface area contributed by atoms with Crippen LogP contribution >= 0.6 is 19.4 Å². The molecule has 1 saturated heterocycles. The molecule has 0 spiro atoms. The van der Waals surface area contributed by atoms with Crippen LogP contribution in [-0.2, 0) is 9.30 Å². The van der Waals surface area contributed by atoms with Crippen LogP contribution in [-0.4, -0.2) is 59.1 Å². The molecule has 5 N–H and O–H groups in total. The summed E-state index contributed by atoms with van der Waals surface area (Å²) >= 11 is 0.863. The van der Waals surface area contributed by atoms with Gasteiger partial charge in [0.15, 0.2) is 6.23 Å². The van der Waals surface area contributed by atoms with Gasteiger partial charge < -0.3 is 24.7 Å². The van der Waals surface area contributed by atoms with Crippen molar-refractivity contribution < 1.29 is 29.3 Å². The zero-order valence-corrected chi connectivity index (χ0v) is 12.8. The Hall–Kier alpha value is -0.940. The van der Waals surface area contributed by atoms with Crippen LogP contribution < -0.4 is 11.2 Å². The smallest absolute Gasteiger partial charge is 0.335 e. The second-order valence-electron chi connectivity index (χ2n) is 4.73. The van der Waals surface area contributed by atoms with Gasteiger partial charge in [-0.3, -0.25) is 18.9 Å². The van der Waals surface area contributed by atoms with Gasteiger partial charge in [0.2, 0.25) is 0 Å². The van der Waals surface area contributed by atoms with E-state index in [0.717, 1.165) is 28.6 Å². The molecule has 0 unspecified atom stereocenters. The Balaban J connectivity index is 2.08. The van der Waals surface area contributed by atoms with Crippen molar-refractivity contribution >= 4 is 19.4 Å². The molecule has 0 aromatic carbocycles. The molecular formula is C10H15N2O8PS. The number of aliphatic hydroxyl groups is 2. The van der Waals surface area contributed by atoms with Crippen molar-refractivity contribution in [2.75, 3.05) is 11.2 Å². The lowest BCUT2D eigenvalue weighted by Gasteiger charge is -2.16. The Morgan fingerprint density at radius 1 is 1.32 bits per heavy atom. The number of hydrogen-bond donors (Lipinski definition) is 5. The molecule has 0 aliphatic carbocycles. The lowest BCUT2D eigenvalue weighted by molar-refractivity contribution is -0.0340. The highest BCUT2D eigenvalue weighted by Crippen LogP contribution is 2.40. The lowest BCUT2D eigenvalue weighted by atomic mass is 10.1. The first-order valence-corrected chi connectivity index (χ1v) is 9.09. The van der Waals surface area contributed by atoms with Gasteiger partial charge in [0, 0.05) is 18.0 Å². The van der Waals surface area contributed by atoms with E-state index in [-0.39, 0.29) is 5.75 Å². The van der Waals surface area contributed by atoms with E-state index in [1.165, 1.54) is 0 Å². The fourth-order valence-corrected chi connectivity index (χ4v) is 3.89. The van der Waals surface area contributed by atoms with E-state index in [1.54, 1.807) is 0 Å². The maximum absolute atomic E-state index is 11.7. The second-order valence-corrected chi connectivity index (χ2v) is 7.83. The predicted molar refractivity (Wildman–Crippen MR) is 76.6 cm³/mol. The van der Waals surface area contributed by atoms with Crippen LogP contribution in [0.2, 0.25) is 0 Å². The molecule has 2 heterocycles. The number of nitrogens with one attached hydrogen (secondary N) is 1. The number of ether oxygens (including phenoxy) is 1. The molecule has 1 aromatic rings. The third-order valence-corrected chi connectivity index (χ3v) is 5.64. The number of aromatic amines is 1. The highest BCUT2D eigenvalue weighted by molar-refractivity contribution is 8.04. The van der Waals surface area contributed by atoms with E-state index in [2.05, 4.69) is 0 Å². The van der Waals surface area contributed by atoms with Crippen LogP contribution in [0.25, 0.3) is 0 Å². The number of rotatable bonds is 5. The Bertz CT molecular complexity index is 684. The molecule has 0 radical (unpaired) electrons. The summed E-state index contributed by atoms with van der Waals surface area (Å²) in [5, 5.41) is 19.8. The number of thioether (sulfide) groups is 1. The summed E-state index contributed by atoms with van der Waals surface area (Å²) in [7, 11) is -4.18. The zero-order valence-electron chi connectivity index (χ0n) is 11.1. The number of hydrogen-bond acceptors (Lipinski definition) is 7. The zero-order chi connectivity index (χ0) is 16.5. The average molecular weight is 354 g/mol. The van der Waals surface area contributed by atoms with E-state index < -0.39 is 48.9 Å². The van der Waals surface area contributed by atoms with E-state index in [0.29, 0.717) is 0 Å². The largest absolute Gasteiger partial charge is 0.387 e. The number of H-pyrrole nitrogens is 1. The predicted octanol–water partition coefficient (Wildman–Crippen LogP) is -1.98. The maximum Gasteiger partial charge on any atom is 0.335 e. The first-order chi connectivity index (χ1) is 10.2. The lowest BCUT2D eigenvalue weighted by Crippen LogP contribution is -2.37. The van der Waals surface area contributed by atoms with Crippen molar-refractivity contribution in [3.63, 3.8) is 0 Å². The molecule has 0 bridgehead atoms. The summed E-state index contributed by atoms with van der Waals surface area (Å²) in [6, 6.07) is 1.07. The van der Waals surface area contributed by atoms with Crippen molar-refractivity contribution in [3.05, 3.63) is 33.1 Å². The first kappa shape index (κ1) is 17.4. The number of nitrogens with zero attached hydrogens (tertiary/aromatic N) is 1. The van der Waals surface area contributed by atoms with Gasteiger partial charge in [-0.1, -0.05) is 0 Å². The standard InChI is InChI=1S/C10H15N2O8PS/c13-6-1-2-12(10(16)11-6)9-8(15)7(14)5(20-9)3-22-4-21(17,18)19/h1-2,5,7-9,14-15H,3-4H2,(H,11,13,16)(H2,17,18,19)/t5-,7-,8-,9-/m1/s1. The summed E-state index contributed by atoms with van der Waals surface area (Å²) in [5.41, 5.74) is -1.85. The molecule has 1 fully saturated rings. The van der Waals surface area contributed by atoms with E-state index in [1.807, 2.05) is 4.98 Å². The van der Waals surface area contributed by atoms with Crippen LogP contribution in [0.4, 0.5) is 0 Å². The molecule has 1 aromatic heterocycles. The van der Waals surface area contributed by atoms with Gasteiger partial charge >= 0.3 is 13.3 Å². The van der Waals surface area contributed by atoms with Gasteiger partial charge in [-0.05, 0) is 0 Å². The Kier molecular flexibility index (Phi) is 5.28. The van der Waals surface area contributed by atoms with Crippen molar-refractivity contribution in [2.24, 2.45) is 0 Å². The summed E-state index contributed by atoms with van der Waals surface area (Å²) in [5.74, 6) is 0.0257. The van der Waals surface area contributed by atoms with E-state index in [9.17, 15) is 24.4 Å². The summed E-state index contributed by atoms with van der Waals surface area (Å²) in [6.45, 7) is 0. The molecule has 1 aliphatic heterocycles. The van der Waals surface area contributed by atoms with Crippen molar-refractivity contribution in [1.29, 1.82) is 0 Å².